The van der Waals surface area contributed by atoms with Gasteiger partial charge in [0.2, 0.25) is 0 Å². The lowest BCUT2D eigenvalue weighted by Gasteiger charge is -2.06. The lowest BCUT2D eigenvalue weighted by atomic mass is 10.1. The molecule has 3 rings (SSSR count). The van der Waals surface area contributed by atoms with Crippen molar-refractivity contribution < 1.29 is 4.39 Å². The summed E-state index contributed by atoms with van der Waals surface area (Å²) in [7, 11) is 0. The van der Waals surface area contributed by atoms with Crippen LogP contribution in [0.25, 0.3) is 16.7 Å². The molecule has 0 unspecified atom stereocenters. The van der Waals surface area contributed by atoms with Gasteiger partial charge >= 0.3 is 0 Å². The Kier molecular flexibility index (Phi) is 3.62. The van der Waals surface area contributed by atoms with E-state index in [0.717, 1.165) is 16.8 Å². The van der Waals surface area contributed by atoms with E-state index in [1.54, 1.807) is 6.07 Å². The highest BCUT2D eigenvalue weighted by Gasteiger charge is 2.10. The van der Waals surface area contributed by atoms with Crippen molar-refractivity contribution in [2.45, 2.75) is 6.42 Å². The molecule has 0 spiro atoms. The summed E-state index contributed by atoms with van der Waals surface area (Å²) in [6.45, 7) is 0. The van der Waals surface area contributed by atoms with E-state index in [9.17, 15) is 4.39 Å². The van der Waals surface area contributed by atoms with E-state index in [1.165, 1.54) is 6.07 Å². The minimum Gasteiger partial charge on any atom is -0.330 e. The predicted molar refractivity (Wildman–Crippen MR) is 85.4 cm³/mol. The summed E-state index contributed by atoms with van der Waals surface area (Å²) in [5.74, 6) is -0.338. The number of rotatable bonds is 2. The second-order valence-electron chi connectivity index (χ2n) is 4.55. The maximum atomic E-state index is 13.6. The first-order valence-corrected chi connectivity index (χ1v) is 7.36. The van der Waals surface area contributed by atoms with Crippen molar-refractivity contribution in [1.82, 2.24) is 9.55 Å². The summed E-state index contributed by atoms with van der Waals surface area (Å²) in [5.41, 5.74) is 3.24. The Hall–Kier alpha value is -1.97. The van der Waals surface area contributed by atoms with E-state index in [0.29, 0.717) is 21.2 Å². The van der Waals surface area contributed by atoms with Gasteiger partial charge in [0.1, 0.15) is 5.82 Å². The smallest absolute Gasteiger partial charge is 0.182 e. The fraction of sp³-hybridized carbons (Fsp3) is 0.0667. The Morgan fingerprint density at radius 1 is 1.29 bits per heavy atom. The van der Waals surface area contributed by atoms with E-state index >= 15 is 0 Å². The molecule has 0 bridgehead atoms. The number of aromatic nitrogens is 2. The van der Waals surface area contributed by atoms with Gasteiger partial charge in [0.05, 0.1) is 28.0 Å². The Balaban J connectivity index is 2.20. The molecule has 104 valence electrons. The molecular formula is C15H9BrFN3S. The van der Waals surface area contributed by atoms with E-state index < -0.39 is 0 Å². The summed E-state index contributed by atoms with van der Waals surface area (Å²) < 4.78 is 16.3. The maximum absolute atomic E-state index is 13.6. The van der Waals surface area contributed by atoms with Crippen molar-refractivity contribution in [1.29, 1.82) is 5.26 Å². The van der Waals surface area contributed by atoms with Gasteiger partial charge in [-0.2, -0.15) is 5.26 Å². The van der Waals surface area contributed by atoms with Crippen LogP contribution in [0.2, 0.25) is 0 Å². The number of H-pyrrole nitrogens is 1. The summed E-state index contributed by atoms with van der Waals surface area (Å²) >= 11 is 8.52. The summed E-state index contributed by atoms with van der Waals surface area (Å²) in [6.07, 6.45) is 0.371. The number of hydrogen-bond donors (Lipinski definition) is 1. The number of fused-ring (bicyclic) bond motifs is 1. The average molecular weight is 362 g/mol. The number of halogens is 2. The number of benzene rings is 2. The monoisotopic (exact) mass is 361 g/mol. The van der Waals surface area contributed by atoms with Crippen molar-refractivity contribution in [3.8, 4) is 11.8 Å². The van der Waals surface area contributed by atoms with Gasteiger partial charge in [0.15, 0.2) is 4.77 Å². The number of nitrogens with one attached hydrogen (secondary N) is 1. The fourth-order valence-electron chi connectivity index (χ4n) is 2.21. The van der Waals surface area contributed by atoms with Crippen molar-refractivity contribution >= 4 is 39.2 Å². The van der Waals surface area contributed by atoms with Crippen molar-refractivity contribution in [3.63, 3.8) is 0 Å². The largest absolute Gasteiger partial charge is 0.330 e. The molecule has 0 aliphatic rings. The lowest BCUT2D eigenvalue weighted by molar-refractivity contribution is 0.623. The molecule has 1 heterocycles. The van der Waals surface area contributed by atoms with Crippen LogP contribution in [0.5, 0.6) is 0 Å². The van der Waals surface area contributed by atoms with Gasteiger partial charge in [0, 0.05) is 11.8 Å². The molecule has 0 saturated heterocycles. The van der Waals surface area contributed by atoms with Crippen LogP contribution in [0.4, 0.5) is 4.39 Å². The molecular weight excluding hydrogens is 353 g/mol. The predicted octanol–water partition coefficient (Wildman–Crippen LogP) is 4.66. The highest BCUT2D eigenvalue weighted by atomic mass is 79.9. The number of nitriles is 1. The molecule has 0 amide bonds. The first-order valence-electron chi connectivity index (χ1n) is 6.16. The molecule has 0 radical (unpaired) electrons. The van der Waals surface area contributed by atoms with Gasteiger partial charge in [-0.1, -0.05) is 12.1 Å². The third kappa shape index (κ3) is 2.50. The molecule has 21 heavy (non-hydrogen) atoms. The topological polar surface area (TPSA) is 44.5 Å². The van der Waals surface area contributed by atoms with Gasteiger partial charge in [-0.25, -0.2) is 4.39 Å². The summed E-state index contributed by atoms with van der Waals surface area (Å²) in [4.78, 5) is 3.00. The third-order valence-electron chi connectivity index (χ3n) is 3.20. The molecule has 0 atom stereocenters. The van der Waals surface area contributed by atoms with Gasteiger partial charge in [-0.15, -0.1) is 0 Å². The van der Waals surface area contributed by atoms with Crippen LogP contribution in [0.1, 0.15) is 5.56 Å². The van der Waals surface area contributed by atoms with E-state index in [4.69, 9.17) is 17.5 Å². The maximum Gasteiger partial charge on any atom is 0.182 e. The third-order valence-corrected chi connectivity index (χ3v) is 4.09. The van der Waals surface area contributed by atoms with Crippen molar-refractivity contribution in [3.05, 3.63) is 57.0 Å². The molecule has 1 N–H and O–H groups in total. The van der Waals surface area contributed by atoms with Gasteiger partial charge in [-0.3, -0.25) is 4.57 Å². The molecule has 0 fully saturated rings. The Bertz CT molecular complexity index is 919. The SMILES string of the molecule is N#CCc1ccc(-n2c(=S)[nH]c3cc(F)c(Br)cc32)cc1. The van der Waals surface area contributed by atoms with Gasteiger partial charge < -0.3 is 4.98 Å². The second kappa shape index (κ2) is 5.43. The molecule has 1 aromatic heterocycles. The zero-order valence-electron chi connectivity index (χ0n) is 10.7. The number of aromatic amines is 1. The van der Waals surface area contributed by atoms with Gasteiger partial charge in [-0.05, 0) is 51.9 Å². The zero-order valence-corrected chi connectivity index (χ0v) is 13.1. The number of imidazole rings is 1. The van der Waals surface area contributed by atoms with Crippen LogP contribution < -0.4 is 0 Å². The zero-order chi connectivity index (χ0) is 15.0. The van der Waals surface area contributed by atoms with Crippen LogP contribution in [-0.2, 0) is 6.42 Å². The fourth-order valence-corrected chi connectivity index (χ4v) is 2.86. The average Bonchev–Trinajstić information content (AvgIpc) is 2.76. The van der Waals surface area contributed by atoms with Crippen molar-refractivity contribution in [2.24, 2.45) is 0 Å². The van der Waals surface area contributed by atoms with Crippen LogP contribution in [0, 0.1) is 21.9 Å². The Morgan fingerprint density at radius 3 is 2.67 bits per heavy atom. The molecule has 6 heteroatoms. The Morgan fingerprint density at radius 2 is 2.00 bits per heavy atom. The molecule has 3 nitrogen and oxygen atoms in total. The van der Waals surface area contributed by atoms with Gasteiger partial charge in [0.25, 0.3) is 0 Å². The van der Waals surface area contributed by atoms with E-state index in [-0.39, 0.29) is 5.82 Å². The number of hydrogen-bond acceptors (Lipinski definition) is 2. The van der Waals surface area contributed by atoms with E-state index in [1.807, 2.05) is 28.8 Å². The normalized spacial score (nSPS) is 10.7. The quantitative estimate of drug-likeness (QED) is 0.674. The standard InChI is InChI=1S/C15H9BrFN3S/c16-11-7-14-13(8-12(11)17)19-15(21)20(14)10-3-1-9(2-4-10)5-6-18/h1-4,7-8H,5H2,(H,19,21). The van der Waals surface area contributed by atoms with Crippen LogP contribution >= 0.6 is 28.1 Å². The number of nitrogens with zero attached hydrogens (tertiary/aromatic N) is 2. The second-order valence-corrected chi connectivity index (χ2v) is 5.79. The Labute approximate surface area is 133 Å². The molecule has 3 aromatic rings. The van der Waals surface area contributed by atoms with Crippen LogP contribution in [-0.4, -0.2) is 9.55 Å². The summed E-state index contributed by atoms with van der Waals surface area (Å²) in [5, 5.41) is 8.70. The summed E-state index contributed by atoms with van der Waals surface area (Å²) in [6, 6.07) is 12.8. The minimum absolute atomic E-state index is 0.338. The minimum atomic E-state index is -0.338. The van der Waals surface area contributed by atoms with Crippen LogP contribution in [0.15, 0.2) is 40.9 Å². The molecule has 0 saturated carbocycles. The molecule has 0 aliphatic heterocycles. The highest BCUT2D eigenvalue weighted by molar-refractivity contribution is 9.10. The molecule has 2 aromatic carbocycles. The highest BCUT2D eigenvalue weighted by Crippen LogP contribution is 2.25. The van der Waals surface area contributed by atoms with E-state index in [2.05, 4.69) is 27.0 Å². The molecule has 0 aliphatic carbocycles. The lowest BCUT2D eigenvalue weighted by Crippen LogP contribution is -1.94. The first kappa shape index (κ1) is 14.0. The van der Waals surface area contributed by atoms with Crippen molar-refractivity contribution in [2.75, 3.05) is 0 Å². The van der Waals surface area contributed by atoms with Crippen LogP contribution in [0.3, 0.4) is 0 Å². The first-order chi connectivity index (χ1) is 10.1.